The molecule has 2 heterocycles. The highest BCUT2D eigenvalue weighted by Crippen LogP contribution is 2.44. The van der Waals surface area contributed by atoms with Gasteiger partial charge in [0.15, 0.2) is 9.84 Å². The SMILES string of the molecule is Nc1c(S(=O)(=O)Cc2ccccc2)sc2nc(-c3ccc(Br)cc3)cc(-c3ccccc3)c12. The Morgan fingerprint density at radius 1 is 0.848 bits per heavy atom. The molecule has 3 aromatic carbocycles. The highest BCUT2D eigenvalue weighted by atomic mass is 79.9. The van der Waals surface area contributed by atoms with Crippen LogP contribution in [0.2, 0.25) is 0 Å². The van der Waals surface area contributed by atoms with Gasteiger partial charge in [0.1, 0.15) is 9.04 Å². The van der Waals surface area contributed by atoms with Crippen LogP contribution in [0.3, 0.4) is 0 Å². The van der Waals surface area contributed by atoms with E-state index in [4.69, 9.17) is 10.7 Å². The van der Waals surface area contributed by atoms with Crippen LogP contribution < -0.4 is 5.73 Å². The second kappa shape index (κ2) is 8.74. The maximum absolute atomic E-state index is 13.3. The molecular weight excluding hydrogens is 516 g/mol. The van der Waals surface area contributed by atoms with Crippen LogP contribution in [0.15, 0.2) is 99.7 Å². The van der Waals surface area contributed by atoms with Crippen molar-refractivity contribution < 1.29 is 8.42 Å². The number of fused-ring (bicyclic) bond motifs is 1. The van der Waals surface area contributed by atoms with Gasteiger partial charge < -0.3 is 5.73 Å². The van der Waals surface area contributed by atoms with Gasteiger partial charge in [-0.1, -0.05) is 88.7 Å². The molecular formula is C26H19BrN2O2S2. The molecule has 0 aliphatic heterocycles. The predicted octanol–water partition coefficient (Wildman–Crippen LogP) is 6.95. The van der Waals surface area contributed by atoms with E-state index >= 15 is 0 Å². The summed E-state index contributed by atoms with van der Waals surface area (Å²) in [4.78, 5) is 5.43. The first-order chi connectivity index (χ1) is 15.9. The number of aromatic nitrogens is 1. The summed E-state index contributed by atoms with van der Waals surface area (Å²) in [6, 6.07) is 28.9. The number of pyridine rings is 1. The lowest BCUT2D eigenvalue weighted by Gasteiger charge is -2.09. The smallest absolute Gasteiger partial charge is 0.194 e. The van der Waals surface area contributed by atoms with Crippen LogP contribution >= 0.6 is 27.3 Å². The Morgan fingerprint density at radius 2 is 1.48 bits per heavy atom. The minimum atomic E-state index is -3.64. The molecule has 2 N–H and O–H groups in total. The van der Waals surface area contributed by atoms with E-state index in [9.17, 15) is 8.42 Å². The molecule has 4 nitrogen and oxygen atoms in total. The normalized spacial score (nSPS) is 11.7. The molecule has 0 fully saturated rings. The average molecular weight is 535 g/mol. The third kappa shape index (κ3) is 4.31. The van der Waals surface area contributed by atoms with Crippen molar-refractivity contribution >= 4 is 53.0 Å². The molecule has 5 rings (SSSR count). The lowest BCUT2D eigenvalue weighted by Crippen LogP contribution is -2.05. The number of nitrogen functional groups attached to an aromatic ring is 1. The van der Waals surface area contributed by atoms with E-state index in [2.05, 4.69) is 15.9 Å². The van der Waals surface area contributed by atoms with Gasteiger partial charge in [0, 0.05) is 15.4 Å². The summed E-state index contributed by atoms with van der Waals surface area (Å²) in [5, 5.41) is 0.679. The molecule has 0 amide bonds. The fourth-order valence-electron chi connectivity index (χ4n) is 3.80. The van der Waals surface area contributed by atoms with Gasteiger partial charge in [0.2, 0.25) is 0 Å². The van der Waals surface area contributed by atoms with Crippen LogP contribution in [0.25, 0.3) is 32.6 Å². The summed E-state index contributed by atoms with van der Waals surface area (Å²) in [5.41, 5.74) is 11.0. The number of rotatable bonds is 5. The Labute approximate surface area is 204 Å². The second-order valence-corrected chi connectivity index (χ2v) is 11.8. The number of hydrogen-bond acceptors (Lipinski definition) is 5. The van der Waals surface area contributed by atoms with Crippen molar-refractivity contribution in [1.82, 2.24) is 4.98 Å². The van der Waals surface area contributed by atoms with Crippen LogP contribution in [0.1, 0.15) is 5.56 Å². The number of halogens is 1. The summed E-state index contributed by atoms with van der Waals surface area (Å²) in [5.74, 6) is -0.106. The molecule has 0 aliphatic rings. The van der Waals surface area contributed by atoms with Crippen molar-refractivity contribution in [3.8, 4) is 22.4 Å². The summed E-state index contributed by atoms with van der Waals surface area (Å²) < 4.78 is 27.8. The number of benzene rings is 3. The van der Waals surface area contributed by atoms with Crippen LogP contribution in [0.5, 0.6) is 0 Å². The lowest BCUT2D eigenvalue weighted by molar-refractivity contribution is 0.597. The largest absolute Gasteiger partial charge is 0.396 e. The second-order valence-electron chi connectivity index (χ2n) is 7.66. The number of thiophene rings is 1. The van der Waals surface area contributed by atoms with E-state index in [0.29, 0.717) is 10.2 Å². The average Bonchev–Trinajstić information content (AvgIpc) is 3.17. The van der Waals surface area contributed by atoms with Crippen molar-refractivity contribution in [2.24, 2.45) is 0 Å². The first kappa shape index (κ1) is 21.8. The number of nitrogens with two attached hydrogens (primary N) is 1. The topological polar surface area (TPSA) is 73.1 Å². The summed E-state index contributed by atoms with van der Waals surface area (Å²) in [6.07, 6.45) is 0. The summed E-state index contributed by atoms with van der Waals surface area (Å²) in [6.45, 7) is 0. The van der Waals surface area contributed by atoms with Gasteiger partial charge in [-0.3, -0.25) is 0 Å². The first-order valence-electron chi connectivity index (χ1n) is 10.2. The Hall–Kier alpha value is -3.00. The molecule has 5 aromatic rings. The Kier molecular flexibility index (Phi) is 5.78. The molecule has 0 aliphatic carbocycles. The Balaban J connectivity index is 1.73. The van der Waals surface area contributed by atoms with E-state index in [1.54, 1.807) is 12.1 Å². The van der Waals surface area contributed by atoms with Crippen LogP contribution in [-0.2, 0) is 15.6 Å². The van der Waals surface area contributed by atoms with Gasteiger partial charge in [0.05, 0.1) is 17.1 Å². The number of anilines is 1. The van der Waals surface area contributed by atoms with E-state index in [1.807, 2.05) is 78.9 Å². The third-order valence-corrected chi connectivity index (χ3v) is 9.30. The molecule has 0 unspecified atom stereocenters. The zero-order valence-corrected chi connectivity index (χ0v) is 20.6. The Bertz CT molecular complexity index is 1550. The highest BCUT2D eigenvalue weighted by Gasteiger charge is 2.26. The number of nitrogens with zero attached hydrogens (tertiary/aromatic N) is 1. The zero-order valence-electron chi connectivity index (χ0n) is 17.4. The van der Waals surface area contributed by atoms with Crippen LogP contribution in [0.4, 0.5) is 5.69 Å². The lowest BCUT2D eigenvalue weighted by atomic mass is 10.00. The summed E-state index contributed by atoms with van der Waals surface area (Å²) >= 11 is 4.61. The monoisotopic (exact) mass is 534 g/mol. The van der Waals surface area contributed by atoms with Crippen molar-refractivity contribution in [2.45, 2.75) is 9.96 Å². The van der Waals surface area contributed by atoms with Gasteiger partial charge in [-0.15, -0.1) is 11.3 Å². The minimum Gasteiger partial charge on any atom is -0.396 e. The molecule has 0 bridgehead atoms. The molecule has 0 radical (unpaired) electrons. The number of sulfone groups is 1. The first-order valence-corrected chi connectivity index (χ1v) is 13.5. The van der Waals surface area contributed by atoms with Gasteiger partial charge >= 0.3 is 0 Å². The number of hydrogen-bond donors (Lipinski definition) is 1. The maximum atomic E-state index is 13.3. The van der Waals surface area contributed by atoms with Gasteiger partial charge in [-0.05, 0) is 34.9 Å². The van der Waals surface area contributed by atoms with Crippen LogP contribution in [-0.4, -0.2) is 13.4 Å². The molecule has 0 saturated heterocycles. The van der Waals surface area contributed by atoms with Gasteiger partial charge in [-0.2, -0.15) is 0 Å². The fraction of sp³-hybridized carbons (Fsp3) is 0.0385. The van der Waals surface area contributed by atoms with Gasteiger partial charge in [0.25, 0.3) is 0 Å². The summed E-state index contributed by atoms with van der Waals surface area (Å²) in [7, 11) is -3.64. The maximum Gasteiger partial charge on any atom is 0.194 e. The van der Waals surface area contributed by atoms with E-state index in [1.165, 1.54) is 0 Å². The molecule has 0 saturated carbocycles. The van der Waals surface area contributed by atoms with E-state index in [-0.39, 0.29) is 15.6 Å². The zero-order chi connectivity index (χ0) is 23.0. The minimum absolute atomic E-state index is 0.106. The third-order valence-electron chi connectivity index (χ3n) is 5.37. The Morgan fingerprint density at radius 3 is 2.15 bits per heavy atom. The molecule has 2 aromatic heterocycles. The van der Waals surface area contributed by atoms with Crippen molar-refractivity contribution in [2.75, 3.05) is 5.73 Å². The molecule has 33 heavy (non-hydrogen) atoms. The molecule has 0 atom stereocenters. The fourth-order valence-corrected chi connectivity index (χ4v) is 7.04. The highest BCUT2D eigenvalue weighted by molar-refractivity contribution is 9.10. The van der Waals surface area contributed by atoms with Gasteiger partial charge in [-0.25, -0.2) is 13.4 Å². The predicted molar refractivity (Wildman–Crippen MR) is 140 cm³/mol. The standard InChI is InChI=1S/C26H19BrN2O2S2/c27-20-13-11-19(12-14-20)22-15-21(18-9-5-2-6-10-18)23-24(28)26(32-25(23)29-22)33(30,31)16-17-7-3-1-4-8-17/h1-15H,16,28H2. The van der Waals surface area contributed by atoms with E-state index < -0.39 is 9.84 Å². The molecule has 0 spiro atoms. The van der Waals surface area contributed by atoms with Crippen molar-refractivity contribution in [3.05, 3.63) is 101 Å². The van der Waals surface area contributed by atoms with Crippen LogP contribution in [0, 0.1) is 0 Å². The van der Waals surface area contributed by atoms with Crippen molar-refractivity contribution in [1.29, 1.82) is 0 Å². The molecule has 164 valence electrons. The molecule has 7 heteroatoms. The van der Waals surface area contributed by atoms with Crippen molar-refractivity contribution in [3.63, 3.8) is 0 Å². The quantitative estimate of drug-likeness (QED) is 0.264. The van der Waals surface area contributed by atoms with E-state index in [0.717, 1.165) is 43.8 Å².